The zero-order valence-electron chi connectivity index (χ0n) is 15.4. The third kappa shape index (κ3) is 5.77. The van der Waals surface area contributed by atoms with E-state index in [0.29, 0.717) is 16.4 Å². The number of halogens is 1. The van der Waals surface area contributed by atoms with E-state index < -0.39 is 11.8 Å². The molecule has 0 aliphatic heterocycles. The molecule has 138 valence electrons. The summed E-state index contributed by atoms with van der Waals surface area (Å²) in [4.78, 5) is 24.2. The van der Waals surface area contributed by atoms with Crippen LogP contribution in [0.2, 0.25) is 5.02 Å². The average Bonchev–Trinajstić information content (AvgIpc) is 2.52. The van der Waals surface area contributed by atoms with Gasteiger partial charge in [0.25, 0.3) is 0 Å². The Morgan fingerprint density at radius 1 is 1.04 bits per heavy atom. The monoisotopic (exact) mass is 374 g/mol. The van der Waals surface area contributed by atoms with Crippen molar-refractivity contribution in [1.29, 1.82) is 0 Å². The summed E-state index contributed by atoms with van der Waals surface area (Å²) in [5.41, 5.74) is 2.99. The van der Waals surface area contributed by atoms with E-state index in [-0.39, 0.29) is 12.5 Å². The molecule has 0 heterocycles. The first-order chi connectivity index (χ1) is 12.2. The van der Waals surface area contributed by atoms with Crippen molar-refractivity contribution < 1.29 is 14.3 Å². The lowest BCUT2D eigenvalue weighted by Crippen LogP contribution is -2.22. The van der Waals surface area contributed by atoms with Gasteiger partial charge in [0, 0.05) is 5.69 Å². The number of aryl methyl sites for hydroxylation is 2. The van der Waals surface area contributed by atoms with E-state index in [1.54, 1.807) is 30.3 Å². The minimum atomic E-state index is -0.420. The number of carbonyl (C=O) groups excluding carboxylic acids is 2. The van der Waals surface area contributed by atoms with Crippen LogP contribution in [0.15, 0.2) is 36.4 Å². The van der Waals surface area contributed by atoms with Gasteiger partial charge in [-0.05, 0) is 69.2 Å². The van der Waals surface area contributed by atoms with Crippen LogP contribution in [-0.2, 0) is 9.59 Å². The second kappa shape index (κ2) is 8.72. The van der Waals surface area contributed by atoms with E-state index in [1.165, 1.54) is 0 Å². The summed E-state index contributed by atoms with van der Waals surface area (Å²) < 4.78 is 5.55. The zero-order chi connectivity index (χ0) is 19.3. The Balaban J connectivity index is 1.92. The maximum absolute atomic E-state index is 12.1. The van der Waals surface area contributed by atoms with E-state index in [9.17, 15) is 9.59 Å². The van der Waals surface area contributed by atoms with Crippen LogP contribution in [0.5, 0.6) is 5.75 Å². The minimum Gasteiger partial charge on any atom is -0.491 e. The van der Waals surface area contributed by atoms with Gasteiger partial charge in [0.15, 0.2) is 0 Å². The Kier molecular flexibility index (Phi) is 6.64. The molecule has 0 aromatic heterocycles. The van der Waals surface area contributed by atoms with E-state index >= 15 is 0 Å². The summed E-state index contributed by atoms with van der Waals surface area (Å²) in [6.45, 7) is 7.66. The first kappa shape index (κ1) is 19.8. The lowest BCUT2D eigenvalue weighted by Gasteiger charge is -2.12. The van der Waals surface area contributed by atoms with Gasteiger partial charge < -0.3 is 15.4 Å². The molecule has 2 amide bonds. The fourth-order valence-electron chi connectivity index (χ4n) is 2.50. The highest BCUT2D eigenvalue weighted by Crippen LogP contribution is 2.27. The Labute approximate surface area is 158 Å². The van der Waals surface area contributed by atoms with Crippen molar-refractivity contribution in [2.45, 2.75) is 40.2 Å². The number of benzene rings is 2. The number of carbonyl (C=O) groups is 2. The Bertz CT molecular complexity index is 778. The minimum absolute atomic E-state index is 0.0798. The van der Waals surface area contributed by atoms with Crippen LogP contribution in [0.25, 0.3) is 0 Å². The van der Waals surface area contributed by atoms with Gasteiger partial charge in [0.2, 0.25) is 11.8 Å². The van der Waals surface area contributed by atoms with Crippen LogP contribution in [-0.4, -0.2) is 17.9 Å². The molecule has 0 aliphatic carbocycles. The van der Waals surface area contributed by atoms with E-state index in [4.69, 9.17) is 16.3 Å². The van der Waals surface area contributed by atoms with Gasteiger partial charge in [-0.15, -0.1) is 0 Å². The van der Waals surface area contributed by atoms with Crippen LogP contribution in [0.3, 0.4) is 0 Å². The van der Waals surface area contributed by atoms with Gasteiger partial charge in [-0.2, -0.15) is 0 Å². The largest absolute Gasteiger partial charge is 0.491 e. The summed E-state index contributed by atoms with van der Waals surface area (Å²) in [5.74, 6) is -0.0998. The molecule has 0 unspecified atom stereocenters. The maximum atomic E-state index is 12.1. The van der Waals surface area contributed by atoms with Crippen molar-refractivity contribution in [3.63, 3.8) is 0 Å². The average molecular weight is 375 g/mol. The maximum Gasteiger partial charge on any atom is 0.233 e. The predicted molar refractivity (Wildman–Crippen MR) is 105 cm³/mol. The normalized spacial score (nSPS) is 10.5. The summed E-state index contributed by atoms with van der Waals surface area (Å²) in [6, 6.07) is 10.7. The molecular formula is C20H23ClN2O3. The van der Waals surface area contributed by atoms with Crippen LogP contribution in [0.1, 0.15) is 31.4 Å². The second-order valence-electron chi connectivity index (χ2n) is 6.40. The van der Waals surface area contributed by atoms with Gasteiger partial charge >= 0.3 is 0 Å². The van der Waals surface area contributed by atoms with E-state index in [2.05, 4.69) is 10.6 Å². The Morgan fingerprint density at radius 3 is 2.23 bits per heavy atom. The highest BCUT2D eigenvalue weighted by Gasteiger charge is 2.13. The molecule has 0 aliphatic rings. The molecular weight excluding hydrogens is 352 g/mol. The number of anilines is 2. The lowest BCUT2D eigenvalue weighted by atomic mass is 10.1. The smallest absolute Gasteiger partial charge is 0.233 e. The molecule has 5 nitrogen and oxygen atoms in total. The van der Waals surface area contributed by atoms with Gasteiger partial charge in [-0.1, -0.05) is 17.7 Å². The summed E-state index contributed by atoms with van der Waals surface area (Å²) in [6.07, 6.45) is -0.218. The molecule has 0 atom stereocenters. The van der Waals surface area contributed by atoms with E-state index in [1.807, 2.05) is 33.8 Å². The molecule has 2 rings (SSSR count). The Morgan fingerprint density at radius 2 is 1.65 bits per heavy atom. The number of amides is 2. The van der Waals surface area contributed by atoms with Gasteiger partial charge in [-0.3, -0.25) is 9.59 Å². The fourth-order valence-corrected chi connectivity index (χ4v) is 2.87. The van der Waals surface area contributed by atoms with Crippen molar-refractivity contribution in [1.82, 2.24) is 0 Å². The number of hydrogen-bond acceptors (Lipinski definition) is 3. The van der Waals surface area contributed by atoms with Crippen LogP contribution < -0.4 is 15.4 Å². The number of ether oxygens (including phenoxy) is 1. The van der Waals surface area contributed by atoms with Crippen molar-refractivity contribution in [3.8, 4) is 5.75 Å². The number of rotatable bonds is 6. The molecule has 0 saturated carbocycles. The van der Waals surface area contributed by atoms with Crippen LogP contribution in [0, 0.1) is 13.8 Å². The summed E-state index contributed by atoms with van der Waals surface area (Å²) >= 11 is 6.17. The second-order valence-corrected chi connectivity index (χ2v) is 6.81. The van der Waals surface area contributed by atoms with Crippen molar-refractivity contribution in [2.24, 2.45) is 0 Å². The van der Waals surface area contributed by atoms with Gasteiger partial charge in [0.05, 0.1) is 16.8 Å². The summed E-state index contributed by atoms with van der Waals surface area (Å²) in [5, 5.41) is 5.85. The van der Waals surface area contributed by atoms with Crippen LogP contribution in [0.4, 0.5) is 11.4 Å². The number of hydrogen-bond donors (Lipinski definition) is 2. The molecule has 0 spiro atoms. The van der Waals surface area contributed by atoms with Crippen molar-refractivity contribution in [3.05, 3.63) is 52.5 Å². The highest BCUT2D eigenvalue weighted by atomic mass is 35.5. The molecule has 26 heavy (non-hydrogen) atoms. The topological polar surface area (TPSA) is 67.4 Å². The molecule has 0 radical (unpaired) electrons. The molecule has 0 fully saturated rings. The first-order valence-electron chi connectivity index (χ1n) is 8.37. The van der Waals surface area contributed by atoms with Crippen molar-refractivity contribution in [2.75, 3.05) is 10.6 Å². The SMILES string of the molecule is Cc1cc(C)c(NC(=O)CC(=O)Nc2ccc(OC(C)C)cc2)c(Cl)c1. The van der Waals surface area contributed by atoms with E-state index in [0.717, 1.165) is 16.9 Å². The lowest BCUT2D eigenvalue weighted by molar-refractivity contribution is -0.123. The molecule has 2 aromatic carbocycles. The first-order valence-corrected chi connectivity index (χ1v) is 8.75. The standard InChI is InChI=1S/C20H23ClN2O3/c1-12(2)26-16-7-5-15(6-8-16)22-18(24)11-19(25)23-20-14(4)9-13(3)10-17(20)21/h5-10,12H,11H2,1-4H3,(H,22,24)(H,23,25). The molecule has 2 N–H and O–H groups in total. The highest BCUT2D eigenvalue weighted by molar-refractivity contribution is 6.34. The third-order valence-corrected chi connectivity index (χ3v) is 3.83. The summed E-state index contributed by atoms with van der Waals surface area (Å²) in [7, 11) is 0. The predicted octanol–water partition coefficient (Wildman–Crippen LogP) is 4.71. The quantitative estimate of drug-likeness (QED) is 0.719. The Hall–Kier alpha value is -2.53. The molecule has 0 bridgehead atoms. The van der Waals surface area contributed by atoms with Gasteiger partial charge in [-0.25, -0.2) is 0 Å². The number of nitrogens with one attached hydrogen (secondary N) is 2. The molecule has 6 heteroatoms. The van der Waals surface area contributed by atoms with Gasteiger partial charge in [0.1, 0.15) is 12.2 Å². The van der Waals surface area contributed by atoms with Crippen molar-refractivity contribution >= 4 is 34.8 Å². The van der Waals surface area contributed by atoms with Crippen LogP contribution >= 0.6 is 11.6 Å². The molecule has 2 aromatic rings. The molecule has 0 saturated heterocycles. The third-order valence-electron chi connectivity index (χ3n) is 3.53. The zero-order valence-corrected chi connectivity index (χ0v) is 16.1. The fraction of sp³-hybridized carbons (Fsp3) is 0.300.